The number of benzene rings is 1. The van der Waals surface area contributed by atoms with Gasteiger partial charge >= 0.3 is 0 Å². The average Bonchev–Trinajstić information content (AvgIpc) is 3.35. The number of aromatic nitrogens is 1. The number of hydrazine groups is 1. The van der Waals surface area contributed by atoms with Gasteiger partial charge in [-0.1, -0.05) is 41.6 Å². The lowest BCUT2D eigenvalue weighted by Gasteiger charge is -2.10. The van der Waals surface area contributed by atoms with E-state index in [9.17, 15) is 9.59 Å². The topological polar surface area (TPSA) is 96.3 Å². The first kappa shape index (κ1) is 19.5. The van der Waals surface area contributed by atoms with Crippen LogP contribution >= 0.6 is 23.6 Å². The maximum atomic E-state index is 12.5. The van der Waals surface area contributed by atoms with Crippen molar-refractivity contribution in [3.63, 3.8) is 0 Å². The monoisotopic (exact) mass is 412 g/mol. The third kappa shape index (κ3) is 4.90. The Morgan fingerprint density at radius 1 is 1.14 bits per heavy atom. The Balaban J connectivity index is 1.58. The predicted molar refractivity (Wildman–Crippen MR) is 111 cm³/mol. The quantitative estimate of drug-likeness (QED) is 0.346. The Morgan fingerprint density at radius 2 is 1.93 bits per heavy atom. The van der Waals surface area contributed by atoms with Crippen LogP contribution in [0.3, 0.4) is 0 Å². The van der Waals surface area contributed by atoms with Crippen LogP contribution in [0.25, 0.3) is 17.3 Å². The number of hydrogen-bond acceptors (Lipinski definition) is 6. The van der Waals surface area contributed by atoms with Crippen molar-refractivity contribution in [3.8, 4) is 11.3 Å². The smallest absolute Gasteiger partial charge is 0.275 e. The van der Waals surface area contributed by atoms with Gasteiger partial charge in [0.1, 0.15) is 17.0 Å². The molecule has 0 bridgehead atoms. The molecule has 28 heavy (non-hydrogen) atoms. The van der Waals surface area contributed by atoms with E-state index < -0.39 is 11.8 Å². The summed E-state index contributed by atoms with van der Waals surface area (Å²) in [5, 5.41) is 8.28. The van der Waals surface area contributed by atoms with Crippen molar-refractivity contribution in [2.75, 3.05) is 0 Å². The Kier molecular flexibility index (Phi) is 6.30. The van der Waals surface area contributed by atoms with E-state index in [0.29, 0.717) is 11.5 Å². The largest absolute Gasteiger partial charge is 0.360 e. The van der Waals surface area contributed by atoms with Crippen molar-refractivity contribution in [3.05, 3.63) is 70.1 Å². The molecule has 0 saturated carbocycles. The van der Waals surface area contributed by atoms with E-state index >= 15 is 0 Å². The van der Waals surface area contributed by atoms with E-state index in [1.807, 2.05) is 47.8 Å². The van der Waals surface area contributed by atoms with Crippen molar-refractivity contribution in [1.29, 1.82) is 0 Å². The molecule has 7 nitrogen and oxygen atoms in total. The van der Waals surface area contributed by atoms with Gasteiger partial charge in [0, 0.05) is 16.5 Å². The van der Waals surface area contributed by atoms with Gasteiger partial charge in [0.15, 0.2) is 5.11 Å². The number of nitrogens with one attached hydrogen (secondary N) is 3. The van der Waals surface area contributed by atoms with Crippen molar-refractivity contribution in [2.24, 2.45) is 0 Å². The van der Waals surface area contributed by atoms with Crippen LogP contribution in [0, 0.1) is 6.92 Å². The fraction of sp³-hybridized carbons (Fsp3) is 0.0526. The van der Waals surface area contributed by atoms with Gasteiger partial charge in [-0.05, 0) is 36.7 Å². The fourth-order valence-electron chi connectivity index (χ4n) is 2.34. The summed E-state index contributed by atoms with van der Waals surface area (Å²) < 4.78 is 5.16. The molecule has 0 aliphatic carbocycles. The fourth-order valence-corrected chi connectivity index (χ4v) is 3.11. The molecule has 3 aromatic rings. The molecule has 142 valence electrons. The Morgan fingerprint density at radius 3 is 2.64 bits per heavy atom. The third-order valence-electron chi connectivity index (χ3n) is 3.61. The van der Waals surface area contributed by atoms with Crippen molar-refractivity contribution in [1.82, 2.24) is 21.3 Å². The first-order chi connectivity index (χ1) is 13.5. The Labute approximate surface area is 170 Å². The zero-order chi connectivity index (χ0) is 19.9. The van der Waals surface area contributed by atoms with Gasteiger partial charge in [-0.3, -0.25) is 25.8 Å². The highest BCUT2D eigenvalue weighted by molar-refractivity contribution is 7.80. The lowest BCUT2D eigenvalue weighted by Crippen LogP contribution is -2.48. The molecule has 0 radical (unpaired) electrons. The molecule has 0 aliphatic rings. The number of nitrogens with zero attached hydrogens (tertiary/aromatic N) is 1. The molecule has 0 spiro atoms. The molecule has 0 saturated heterocycles. The number of thiocarbonyl (C=S) groups is 1. The molecule has 3 rings (SSSR count). The molecule has 0 atom stereocenters. The molecular weight excluding hydrogens is 396 g/mol. The molecule has 2 amide bonds. The summed E-state index contributed by atoms with van der Waals surface area (Å²) in [7, 11) is 0. The highest BCUT2D eigenvalue weighted by Gasteiger charge is 2.21. The second-order valence-electron chi connectivity index (χ2n) is 5.57. The minimum absolute atomic E-state index is 0.0375. The van der Waals surface area contributed by atoms with Gasteiger partial charge in [-0.25, -0.2) is 0 Å². The molecular formula is C19H16N4O3S2. The lowest BCUT2D eigenvalue weighted by atomic mass is 10.1. The van der Waals surface area contributed by atoms with Crippen LogP contribution in [0.2, 0.25) is 0 Å². The van der Waals surface area contributed by atoms with Crippen LogP contribution < -0.4 is 16.2 Å². The number of hydrogen-bond donors (Lipinski definition) is 3. The van der Waals surface area contributed by atoms with Gasteiger partial charge < -0.3 is 4.52 Å². The summed E-state index contributed by atoms with van der Waals surface area (Å²) in [6, 6.07) is 13.0. The molecule has 0 unspecified atom stereocenters. The Hall–Kier alpha value is -3.30. The van der Waals surface area contributed by atoms with Gasteiger partial charge in [-0.2, -0.15) is 0 Å². The van der Waals surface area contributed by atoms with E-state index in [1.165, 1.54) is 17.4 Å². The maximum Gasteiger partial charge on any atom is 0.275 e. The van der Waals surface area contributed by atoms with E-state index in [2.05, 4.69) is 21.3 Å². The van der Waals surface area contributed by atoms with E-state index in [1.54, 1.807) is 13.0 Å². The van der Waals surface area contributed by atoms with Crippen molar-refractivity contribution < 1.29 is 14.1 Å². The number of carbonyl (C=O) groups excluding carboxylic acids is 2. The van der Waals surface area contributed by atoms with Crippen LogP contribution in [0.1, 0.15) is 21.0 Å². The van der Waals surface area contributed by atoms with Gasteiger partial charge in [0.25, 0.3) is 5.91 Å². The zero-order valence-electron chi connectivity index (χ0n) is 14.8. The second-order valence-corrected chi connectivity index (χ2v) is 6.96. The normalized spacial score (nSPS) is 10.6. The van der Waals surface area contributed by atoms with E-state index in [-0.39, 0.29) is 10.7 Å². The Bertz CT molecular complexity index is 1010. The third-order valence-corrected chi connectivity index (χ3v) is 4.65. The summed E-state index contributed by atoms with van der Waals surface area (Å²) >= 11 is 6.53. The van der Waals surface area contributed by atoms with Crippen molar-refractivity contribution >= 4 is 46.6 Å². The minimum atomic E-state index is -0.483. The highest BCUT2D eigenvalue weighted by atomic mass is 32.1. The molecule has 9 heteroatoms. The van der Waals surface area contributed by atoms with Gasteiger partial charge in [0.05, 0.1) is 0 Å². The first-order valence-corrected chi connectivity index (χ1v) is 9.48. The number of aryl methyl sites for hydroxylation is 1. The van der Waals surface area contributed by atoms with Crippen LogP contribution in [-0.2, 0) is 4.79 Å². The van der Waals surface area contributed by atoms with E-state index in [4.69, 9.17) is 16.7 Å². The standard InChI is InChI=1S/C19H16N4O3S2/c1-12-16(17(23-26-12)13-6-3-2-4-7-13)18(25)21-22-19(27)20-15(24)10-9-14-8-5-11-28-14/h2-11H,1H3,(H,21,25)(H2,20,22,24,27)/b10-9+. The highest BCUT2D eigenvalue weighted by Crippen LogP contribution is 2.24. The van der Waals surface area contributed by atoms with E-state index in [0.717, 1.165) is 10.4 Å². The summed E-state index contributed by atoms with van der Waals surface area (Å²) in [4.78, 5) is 25.3. The molecule has 0 aliphatic heterocycles. The SMILES string of the molecule is Cc1onc(-c2ccccc2)c1C(=O)NNC(=S)NC(=O)/C=C/c1cccs1. The van der Waals surface area contributed by atoms with Gasteiger partial charge in [-0.15, -0.1) is 11.3 Å². The minimum Gasteiger partial charge on any atom is -0.360 e. The summed E-state index contributed by atoms with van der Waals surface area (Å²) in [6.45, 7) is 1.64. The average molecular weight is 412 g/mol. The van der Waals surface area contributed by atoms with Crippen LogP contribution in [0.4, 0.5) is 0 Å². The molecule has 2 heterocycles. The molecule has 2 aromatic heterocycles. The predicted octanol–water partition coefficient (Wildman–Crippen LogP) is 3.06. The molecule has 3 N–H and O–H groups in total. The summed E-state index contributed by atoms with van der Waals surface area (Å²) in [5.41, 5.74) is 6.40. The maximum absolute atomic E-state index is 12.5. The lowest BCUT2D eigenvalue weighted by molar-refractivity contribution is -0.115. The molecule has 1 aromatic carbocycles. The summed E-state index contributed by atoms with van der Waals surface area (Å²) in [6.07, 6.45) is 3.03. The number of rotatable bonds is 4. The van der Waals surface area contributed by atoms with Crippen molar-refractivity contribution in [2.45, 2.75) is 6.92 Å². The zero-order valence-corrected chi connectivity index (χ0v) is 16.4. The number of thiophene rings is 1. The van der Waals surface area contributed by atoms with Crippen LogP contribution in [-0.4, -0.2) is 22.1 Å². The molecule has 0 fully saturated rings. The van der Waals surface area contributed by atoms with Crippen LogP contribution in [0.5, 0.6) is 0 Å². The number of amides is 2. The van der Waals surface area contributed by atoms with Gasteiger partial charge in [0.2, 0.25) is 5.91 Å². The number of carbonyl (C=O) groups is 2. The van der Waals surface area contributed by atoms with Crippen LogP contribution in [0.15, 0.2) is 58.4 Å². The summed E-state index contributed by atoms with van der Waals surface area (Å²) in [5.74, 6) is -0.526. The second kappa shape index (κ2) is 9.07. The first-order valence-electron chi connectivity index (χ1n) is 8.19.